The predicted molar refractivity (Wildman–Crippen MR) is 82.5 cm³/mol. The Morgan fingerprint density at radius 3 is 2.22 bits per heavy atom. The van der Waals surface area contributed by atoms with E-state index in [0.29, 0.717) is 0 Å². The van der Waals surface area contributed by atoms with Crippen molar-refractivity contribution < 1.29 is 0 Å². The lowest BCUT2D eigenvalue weighted by molar-refractivity contribution is 0.408. The van der Waals surface area contributed by atoms with E-state index in [4.69, 9.17) is 11.6 Å². The third kappa shape index (κ3) is 5.30. The molecule has 1 aromatic carbocycles. The molecule has 1 rings (SSSR count). The van der Waals surface area contributed by atoms with Crippen molar-refractivity contribution in [2.75, 3.05) is 5.32 Å². The van der Waals surface area contributed by atoms with Gasteiger partial charge < -0.3 is 5.32 Å². The second-order valence-corrected chi connectivity index (χ2v) is 5.84. The highest BCUT2D eigenvalue weighted by atomic mass is 35.5. The first-order valence-corrected chi connectivity index (χ1v) is 7.51. The zero-order chi connectivity index (χ0) is 13.4. The molecule has 0 spiro atoms. The summed E-state index contributed by atoms with van der Waals surface area (Å²) < 4.78 is 0. The Morgan fingerprint density at radius 1 is 1.11 bits per heavy atom. The van der Waals surface area contributed by atoms with Crippen LogP contribution in [0.4, 0.5) is 5.69 Å². The van der Waals surface area contributed by atoms with E-state index in [9.17, 15) is 0 Å². The molecule has 0 amide bonds. The molecule has 0 aliphatic heterocycles. The van der Waals surface area contributed by atoms with Gasteiger partial charge in [0.25, 0.3) is 0 Å². The molecule has 0 saturated heterocycles. The molecule has 0 radical (unpaired) electrons. The van der Waals surface area contributed by atoms with Crippen LogP contribution in [-0.4, -0.2) is 5.54 Å². The van der Waals surface area contributed by atoms with Crippen LogP contribution >= 0.6 is 11.6 Å². The molecule has 1 nitrogen and oxygen atoms in total. The number of unbranched alkanes of at least 4 members (excludes halogenated alkanes) is 2. The SMILES string of the molecule is CCCCC(C)(CCCC)Nc1cccc(Cl)c1. The van der Waals surface area contributed by atoms with Crippen LogP contribution in [-0.2, 0) is 0 Å². The predicted octanol–water partition coefficient (Wildman–Crippen LogP) is 5.89. The largest absolute Gasteiger partial charge is 0.380 e. The summed E-state index contributed by atoms with van der Waals surface area (Å²) in [6.45, 7) is 6.83. The molecule has 1 N–H and O–H groups in total. The monoisotopic (exact) mass is 267 g/mol. The molecule has 1 aromatic rings. The Kier molecular flexibility index (Phi) is 6.56. The zero-order valence-corrected chi connectivity index (χ0v) is 12.7. The number of halogens is 1. The Labute approximate surface area is 117 Å². The fourth-order valence-corrected chi connectivity index (χ4v) is 2.49. The highest BCUT2D eigenvalue weighted by Crippen LogP contribution is 2.27. The summed E-state index contributed by atoms with van der Waals surface area (Å²) in [4.78, 5) is 0. The van der Waals surface area contributed by atoms with Gasteiger partial charge in [0.1, 0.15) is 0 Å². The van der Waals surface area contributed by atoms with Crippen molar-refractivity contribution in [3.05, 3.63) is 29.3 Å². The van der Waals surface area contributed by atoms with Crippen molar-refractivity contribution >= 4 is 17.3 Å². The Morgan fingerprint density at radius 2 is 1.72 bits per heavy atom. The van der Waals surface area contributed by atoms with Crippen molar-refractivity contribution in [1.82, 2.24) is 0 Å². The summed E-state index contributed by atoms with van der Waals surface area (Å²) in [5, 5.41) is 4.48. The molecule has 102 valence electrons. The van der Waals surface area contributed by atoms with Gasteiger partial charge in [-0.1, -0.05) is 57.2 Å². The van der Waals surface area contributed by atoms with Gasteiger partial charge >= 0.3 is 0 Å². The van der Waals surface area contributed by atoms with Crippen molar-refractivity contribution in [3.63, 3.8) is 0 Å². The van der Waals surface area contributed by atoms with Crippen LogP contribution in [0.15, 0.2) is 24.3 Å². The lowest BCUT2D eigenvalue weighted by atomic mass is 9.89. The summed E-state index contributed by atoms with van der Waals surface area (Å²) in [6.07, 6.45) is 7.48. The lowest BCUT2D eigenvalue weighted by Gasteiger charge is -2.32. The quantitative estimate of drug-likeness (QED) is 0.619. The van der Waals surface area contributed by atoms with Gasteiger partial charge in [0.15, 0.2) is 0 Å². The van der Waals surface area contributed by atoms with Crippen molar-refractivity contribution in [2.45, 2.75) is 64.8 Å². The second kappa shape index (κ2) is 7.68. The average Bonchev–Trinajstić information content (AvgIpc) is 2.34. The topological polar surface area (TPSA) is 12.0 Å². The van der Waals surface area contributed by atoms with Gasteiger partial charge in [-0.15, -0.1) is 0 Å². The minimum absolute atomic E-state index is 0.191. The van der Waals surface area contributed by atoms with Crippen LogP contribution in [0.5, 0.6) is 0 Å². The average molecular weight is 268 g/mol. The molecule has 0 heterocycles. The molecular weight excluding hydrogens is 242 g/mol. The number of anilines is 1. The fraction of sp³-hybridized carbons (Fsp3) is 0.625. The first-order chi connectivity index (χ1) is 8.59. The van der Waals surface area contributed by atoms with E-state index in [1.165, 1.54) is 38.5 Å². The first kappa shape index (κ1) is 15.4. The van der Waals surface area contributed by atoms with Crippen molar-refractivity contribution in [3.8, 4) is 0 Å². The number of benzene rings is 1. The maximum atomic E-state index is 6.04. The molecule has 0 aliphatic carbocycles. The van der Waals surface area contributed by atoms with Gasteiger partial charge in [-0.2, -0.15) is 0 Å². The van der Waals surface area contributed by atoms with E-state index in [2.05, 4.69) is 32.2 Å². The van der Waals surface area contributed by atoms with Crippen LogP contribution in [0.2, 0.25) is 5.02 Å². The Bertz CT molecular complexity index is 341. The normalized spacial score (nSPS) is 11.6. The standard InChI is InChI=1S/C16H26ClN/c1-4-6-11-16(3,12-7-5-2)18-15-10-8-9-14(17)13-15/h8-10,13,18H,4-7,11-12H2,1-3H3. The molecule has 0 atom stereocenters. The number of hydrogen-bond acceptors (Lipinski definition) is 1. The van der Waals surface area contributed by atoms with Gasteiger partial charge in [-0.3, -0.25) is 0 Å². The smallest absolute Gasteiger partial charge is 0.0426 e. The molecular formula is C16H26ClN. The molecule has 0 unspecified atom stereocenters. The summed E-state index contributed by atoms with van der Waals surface area (Å²) in [6, 6.07) is 8.03. The van der Waals surface area contributed by atoms with Gasteiger partial charge in [-0.05, 0) is 38.0 Å². The maximum Gasteiger partial charge on any atom is 0.0426 e. The molecule has 0 aliphatic rings. The van der Waals surface area contributed by atoms with E-state index >= 15 is 0 Å². The van der Waals surface area contributed by atoms with E-state index in [1.54, 1.807) is 0 Å². The highest BCUT2D eigenvalue weighted by molar-refractivity contribution is 6.30. The van der Waals surface area contributed by atoms with Gasteiger partial charge in [0, 0.05) is 16.2 Å². The number of rotatable bonds is 8. The lowest BCUT2D eigenvalue weighted by Crippen LogP contribution is -2.34. The van der Waals surface area contributed by atoms with Crippen LogP contribution < -0.4 is 5.32 Å². The van der Waals surface area contributed by atoms with Crippen LogP contribution in [0.25, 0.3) is 0 Å². The number of hydrogen-bond donors (Lipinski definition) is 1. The summed E-state index contributed by atoms with van der Waals surface area (Å²) >= 11 is 6.04. The minimum atomic E-state index is 0.191. The van der Waals surface area contributed by atoms with Crippen molar-refractivity contribution in [1.29, 1.82) is 0 Å². The molecule has 0 saturated carbocycles. The Balaban J connectivity index is 2.70. The van der Waals surface area contributed by atoms with Crippen LogP contribution in [0.3, 0.4) is 0 Å². The first-order valence-electron chi connectivity index (χ1n) is 7.13. The van der Waals surface area contributed by atoms with Gasteiger partial charge in [0.05, 0.1) is 0 Å². The van der Waals surface area contributed by atoms with E-state index < -0.39 is 0 Å². The van der Waals surface area contributed by atoms with E-state index in [0.717, 1.165) is 10.7 Å². The summed E-state index contributed by atoms with van der Waals surface area (Å²) in [7, 11) is 0. The molecule has 18 heavy (non-hydrogen) atoms. The maximum absolute atomic E-state index is 6.04. The second-order valence-electron chi connectivity index (χ2n) is 5.40. The number of nitrogens with one attached hydrogen (secondary N) is 1. The van der Waals surface area contributed by atoms with Crippen LogP contribution in [0.1, 0.15) is 59.3 Å². The third-order valence-electron chi connectivity index (χ3n) is 3.43. The highest BCUT2D eigenvalue weighted by Gasteiger charge is 2.22. The molecule has 0 bridgehead atoms. The van der Waals surface area contributed by atoms with Crippen LogP contribution in [0, 0.1) is 0 Å². The Hall–Kier alpha value is -0.690. The molecule has 0 aromatic heterocycles. The van der Waals surface area contributed by atoms with E-state index in [-0.39, 0.29) is 5.54 Å². The minimum Gasteiger partial charge on any atom is -0.380 e. The summed E-state index contributed by atoms with van der Waals surface area (Å²) in [5.41, 5.74) is 1.33. The van der Waals surface area contributed by atoms with Crippen molar-refractivity contribution in [2.24, 2.45) is 0 Å². The third-order valence-corrected chi connectivity index (χ3v) is 3.67. The summed E-state index contributed by atoms with van der Waals surface area (Å²) in [5.74, 6) is 0. The molecule has 2 heteroatoms. The van der Waals surface area contributed by atoms with Gasteiger partial charge in [0.2, 0.25) is 0 Å². The van der Waals surface area contributed by atoms with E-state index in [1.807, 2.05) is 18.2 Å². The fourth-order valence-electron chi connectivity index (χ4n) is 2.30. The molecule has 0 fully saturated rings. The zero-order valence-electron chi connectivity index (χ0n) is 11.9. The van der Waals surface area contributed by atoms with Gasteiger partial charge in [-0.25, -0.2) is 0 Å².